The fourth-order valence-electron chi connectivity index (χ4n) is 4.12. The molecule has 4 aromatic carbocycles. The first kappa shape index (κ1) is 21.4. The fourth-order valence-corrected chi connectivity index (χ4v) is 4.12. The molecule has 0 aliphatic rings. The second-order valence-electron chi connectivity index (χ2n) is 8.23. The van der Waals surface area contributed by atoms with Gasteiger partial charge in [-0.25, -0.2) is 14.5 Å². The molecule has 0 amide bonds. The Bertz CT molecular complexity index is 1710. The Morgan fingerprint density at radius 2 is 1.36 bits per heavy atom. The van der Waals surface area contributed by atoms with Crippen LogP contribution < -0.4 is 0 Å². The minimum Gasteiger partial charge on any atom is -0.478 e. The van der Waals surface area contributed by atoms with Gasteiger partial charge in [-0.3, -0.25) is 9.97 Å². The van der Waals surface area contributed by atoms with Gasteiger partial charge in [0.15, 0.2) is 11.6 Å². The molecular formula is C29H19N5O2. The van der Waals surface area contributed by atoms with Gasteiger partial charge in [0.25, 0.3) is 0 Å². The monoisotopic (exact) mass is 469 g/mol. The second kappa shape index (κ2) is 8.88. The molecule has 1 N–H and O–H groups in total. The van der Waals surface area contributed by atoms with Gasteiger partial charge < -0.3 is 5.11 Å². The molecule has 6 rings (SSSR count). The van der Waals surface area contributed by atoms with E-state index in [1.807, 2.05) is 66.7 Å². The lowest BCUT2D eigenvalue weighted by atomic mass is 10.0. The number of rotatable bonds is 5. The zero-order valence-electron chi connectivity index (χ0n) is 19.0. The van der Waals surface area contributed by atoms with Gasteiger partial charge in [-0.2, -0.15) is 0 Å². The van der Waals surface area contributed by atoms with E-state index in [4.69, 9.17) is 10.1 Å². The molecule has 0 aliphatic heterocycles. The Labute approximate surface area is 206 Å². The number of nitrogens with zero attached hydrogens (tertiary/aromatic N) is 5. The molecule has 2 heterocycles. The summed E-state index contributed by atoms with van der Waals surface area (Å²) in [5, 5.41) is 14.3. The number of hydrogen-bond acceptors (Lipinski definition) is 5. The molecule has 0 unspecified atom stereocenters. The number of carbonyl (C=O) groups is 1. The van der Waals surface area contributed by atoms with E-state index in [-0.39, 0.29) is 5.56 Å². The van der Waals surface area contributed by atoms with Crippen LogP contribution in [0.25, 0.3) is 50.6 Å². The van der Waals surface area contributed by atoms with Crippen molar-refractivity contribution in [1.82, 2.24) is 24.7 Å². The van der Waals surface area contributed by atoms with E-state index in [9.17, 15) is 9.90 Å². The van der Waals surface area contributed by atoms with Crippen molar-refractivity contribution < 1.29 is 9.90 Å². The van der Waals surface area contributed by atoms with Crippen LogP contribution in [0.2, 0.25) is 0 Å². The molecule has 0 saturated heterocycles. The maximum atomic E-state index is 11.6. The first-order chi connectivity index (χ1) is 17.7. The molecule has 0 radical (unpaired) electrons. The average Bonchev–Trinajstić information content (AvgIpc) is 3.39. The maximum absolute atomic E-state index is 11.6. The minimum absolute atomic E-state index is 0.177. The van der Waals surface area contributed by atoms with Crippen LogP contribution in [0.5, 0.6) is 0 Å². The minimum atomic E-state index is -1.00. The van der Waals surface area contributed by atoms with Crippen molar-refractivity contribution in [1.29, 1.82) is 0 Å². The fraction of sp³-hybridized carbons (Fsp3) is 0. The molecule has 6 aromatic rings. The largest absolute Gasteiger partial charge is 0.478 e. The summed E-state index contributed by atoms with van der Waals surface area (Å²) in [7, 11) is 0. The lowest BCUT2D eigenvalue weighted by Crippen LogP contribution is -2.03. The molecule has 0 saturated carbocycles. The highest BCUT2D eigenvalue weighted by Gasteiger charge is 2.17. The van der Waals surface area contributed by atoms with Gasteiger partial charge in [-0.1, -0.05) is 60.7 Å². The lowest BCUT2D eigenvalue weighted by Gasteiger charge is -2.08. The van der Waals surface area contributed by atoms with Crippen LogP contribution in [0.3, 0.4) is 0 Å². The van der Waals surface area contributed by atoms with Crippen molar-refractivity contribution in [2.24, 2.45) is 0 Å². The van der Waals surface area contributed by atoms with Gasteiger partial charge >= 0.3 is 5.97 Å². The quantitative estimate of drug-likeness (QED) is 0.337. The number of fused-ring (bicyclic) bond motifs is 1. The van der Waals surface area contributed by atoms with Crippen molar-refractivity contribution in [2.75, 3.05) is 0 Å². The smallest absolute Gasteiger partial charge is 0.335 e. The highest BCUT2D eigenvalue weighted by Crippen LogP contribution is 2.29. The van der Waals surface area contributed by atoms with Crippen LogP contribution in [0.4, 0.5) is 0 Å². The van der Waals surface area contributed by atoms with Crippen molar-refractivity contribution >= 4 is 17.0 Å². The molecule has 7 nitrogen and oxygen atoms in total. The van der Waals surface area contributed by atoms with Crippen molar-refractivity contribution in [2.45, 2.75) is 0 Å². The molecule has 0 atom stereocenters. The third-order valence-corrected chi connectivity index (χ3v) is 5.92. The molecule has 36 heavy (non-hydrogen) atoms. The van der Waals surface area contributed by atoms with Crippen molar-refractivity contribution in [3.8, 4) is 39.6 Å². The summed E-state index contributed by atoms with van der Waals surface area (Å²) in [6.45, 7) is 0. The van der Waals surface area contributed by atoms with E-state index >= 15 is 0 Å². The van der Waals surface area contributed by atoms with E-state index in [1.165, 1.54) is 0 Å². The molecule has 172 valence electrons. The predicted octanol–water partition coefficient (Wildman–Crippen LogP) is 5.91. The Morgan fingerprint density at radius 1 is 0.667 bits per heavy atom. The zero-order chi connectivity index (χ0) is 24.5. The number of carboxylic acids is 1. The Morgan fingerprint density at radius 3 is 2.14 bits per heavy atom. The van der Waals surface area contributed by atoms with Crippen LogP contribution in [-0.4, -0.2) is 35.8 Å². The number of aromatic nitrogens is 5. The summed E-state index contributed by atoms with van der Waals surface area (Å²) in [5.74, 6) is 0.107. The number of hydrogen-bond donors (Lipinski definition) is 1. The molecule has 0 aliphatic carbocycles. The zero-order valence-corrected chi connectivity index (χ0v) is 19.0. The summed E-state index contributed by atoms with van der Waals surface area (Å²) in [4.78, 5) is 25.2. The Balaban J connectivity index is 1.49. The first-order valence-corrected chi connectivity index (χ1v) is 11.3. The number of benzene rings is 4. The summed E-state index contributed by atoms with van der Waals surface area (Å²) in [6, 6.07) is 30.6. The average molecular weight is 470 g/mol. The molecule has 0 bridgehead atoms. The summed E-state index contributed by atoms with van der Waals surface area (Å²) < 4.78 is 1.68. The summed E-state index contributed by atoms with van der Waals surface area (Å²) in [6.07, 6.45) is 3.30. The highest BCUT2D eigenvalue weighted by atomic mass is 16.4. The van der Waals surface area contributed by atoms with Crippen LogP contribution in [0.15, 0.2) is 109 Å². The van der Waals surface area contributed by atoms with Gasteiger partial charge in [-0.05, 0) is 47.5 Å². The van der Waals surface area contributed by atoms with Gasteiger partial charge in [0, 0.05) is 23.5 Å². The van der Waals surface area contributed by atoms with Crippen molar-refractivity contribution in [3.05, 3.63) is 115 Å². The van der Waals surface area contributed by atoms with Gasteiger partial charge in [0.05, 0.1) is 22.3 Å². The molecule has 2 aromatic heterocycles. The van der Waals surface area contributed by atoms with Gasteiger partial charge in [-0.15, -0.1) is 5.10 Å². The summed E-state index contributed by atoms with van der Waals surface area (Å²) in [5.41, 5.74) is 6.17. The lowest BCUT2D eigenvalue weighted by molar-refractivity contribution is 0.0697. The topological polar surface area (TPSA) is 93.8 Å². The number of aromatic carboxylic acids is 1. The van der Waals surface area contributed by atoms with Crippen LogP contribution >= 0.6 is 0 Å². The maximum Gasteiger partial charge on any atom is 0.335 e. The molecule has 0 spiro atoms. The van der Waals surface area contributed by atoms with E-state index in [0.29, 0.717) is 17.3 Å². The Kier molecular flexibility index (Phi) is 5.27. The second-order valence-corrected chi connectivity index (χ2v) is 8.23. The normalized spacial score (nSPS) is 11.0. The summed E-state index contributed by atoms with van der Waals surface area (Å²) >= 11 is 0. The van der Waals surface area contributed by atoms with E-state index < -0.39 is 5.97 Å². The van der Waals surface area contributed by atoms with E-state index in [1.54, 1.807) is 35.3 Å². The Hall–Kier alpha value is -5.17. The SMILES string of the molecule is O=C(O)c1cccc(-n2nc(-c3ccc4nccnc4c3)nc2-c2ccc(-c3ccccc3)cc2)c1. The third kappa shape index (κ3) is 3.99. The standard InChI is InChI=1S/C29H19N5O2/c35-29(36)23-7-4-8-24(17-23)34-28(21-11-9-20(10-12-21)19-5-2-1-3-6-19)32-27(33-34)22-13-14-25-26(18-22)31-16-15-30-25/h1-18H,(H,35,36). The predicted molar refractivity (Wildman–Crippen MR) is 138 cm³/mol. The number of carboxylic acid groups (broad SMARTS) is 1. The van der Waals surface area contributed by atoms with Crippen LogP contribution in [0, 0.1) is 0 Å². The van der Waals surface area contributed by atoms with E-state index in [2.05, 4.69) is 22.1 Å². The van der Waals surface area contributed by atoms with Gasteiger partial charge in [0.1, 0.15) is 0 Å². The van der Waals surface area contributed by atoms with Crippen LogP contribution in [-0.2, 0) is 0 Å². The first-order valence-electron chi connectivity index (χ1n) is 11.3. The molecule has 7 heteroatoms. The van der Waals surface area contributed by atoms with E-state index in [0.717, 1.165) is 33.3 Å². The third-order valence-electron chi connectivity index (χ3n) is 5.92. The molecular weight excluding hydrogens is 450 g/mol. The van der Waals surface area contributed by atoms with Crippen LogP contribution in [0.1, 0.15) is 10.4 Å². The highest BCUT2D eigenvalue weighted by molar-refractivity contribution is 5.88. The van der Waals surface area contributed by atoms with Gasteiger partial charge in [0.2, 0.25) is 0 Å². The van der Waals surface area contributed by atoms with Crippen molar-refractivity contribution in [3.63, 3.8) is 0 Å². The molecule has 0 fully saturated rings.